The molecular weight excluding hydrogens is 267 g/mol. The molecule has 0 aromatic carbocycles. The monoisotopic (exact) mass is 277 g/mol. The Balaban J connectivity index is 0. The Labute approximate surface area is 143 Å². The normalized spacial score (nSPS) is 10.0. The van der Waals surface area contributed by atoms with Crippen LogP contribution in [0, 0.1) is 0 Å². The maximum atomic E-state index is 11.0. The van der Waals surface area contributed by atoms with E-state index in [0.717, 1.165) is 0 Å². The van der Waals surface area contributed by atoms with E-state index in [1.54, 1.807) is 12.1 Å². The smallest absolute Gasteiger partial charge is 0.811 e. The molecule has 0 aliphatic rings. The Kier molecular flexibility index (Phi) is 11.6. The zero-order valence-electron chi connectivity index (χ0n) is 9.84. The van der Waals surface area contributed by atoms with Crippen molar-refractivity contribution in [2.75, 3.05) is 6.16 Å². The summed E-state index contributed by atoms with van der Waals surface area (Å²) in [5.41, 5.74) is 0. The topological polar surface area (TPSA) is 105 Å². The van der Waals surface area contributed by atoms with Gasteiger partial charge in [-0.15, -0.1) is 0 Å². The SMILES string of the molecule is O=C(CCP(=O)([O-])[O-])NCc1ccco1.[Na+].[Na+]. The number of carbonyl (C=O) groups is 1. The molecule has 6 nitrogen and oxygen atoms in total. The first kappa shape index (κ1) is 20.2. The quantitative estimate of drug-likeness (QED) is 0.425. The van der Waals surface area contributed by atoms with Crippen LogP contribution in [0.25, 0.3) is 0 Å². The fourth-order valence-electron chi connectivity index (χ4n) is 0.926. The second-order valence-electron chi connectivity index (χ2n) is 2.94. The van der Waals surface area contributed by atoms with E-state index in [1.165, 1.54) is 6.26 Å². The van der Waals surface area contributed by atoms with Gasteiger partial charge in [0.15, 0.2) is 0 Å². The zero-order chi connectivity index (χ0) is 11.3. The van der Waals surface area contributed by atoms with E-state index < -0.39 is 19.7 Å². The van der Waals surface area contributed by atoms with Crippen LogP contribution in [0.1, 0.15) is 12.2 Å². The third-order valence-corrected chi connectivity index (χ3v) is 2.42. The van der Waals surface area contributed by atoms with E-state index in [4.69, 9.17) is 4.42 Å². The van der Waals surface area contributed by atoms with Gasteiger partial charge in [0.2, 0.25) is 5.91 Å². The number of hydrogen-bond donors (Lipinski definition) is 1. The van der Waals surface area contributed by atoms with Gasteiger partial charge in [-0.05, 0) is 18.3 Å². The van der Waals surface area contributed by atoms with E-state index >= 15 is 0 Å². The van der Waals surface area contributed by atoms with Crippen molar-refractivity contribution in [3.63, 3.8) is 0 Å². The van der Waals surface area contributed by atoms with Gasteiger partial charge < -0.3 is 24.1 Å². The molecule has 0 spiro atoms. The predicted octanol–water partition coefficient (Wildman–Crippen LogP) is -6.79. The van der Waals surface area contributed by atoms with Gasteiger partial charge in [-0.2, -0.15) is 0 Å². The first-order valence-electron chi connectivity index (χ1n) is 4.27. The van der Waals surface area contributed by atoms with Crippen LogP contribution in [-0.2, 0) is 15.9 Å². The number of furan rings is 1. The summed E-state index contributed by atoms with van der Waals surface area (Å²) in [5.74, 6) is 0.0779. The van der Waals surface area contributed by atoms with E-state index in [9.17, 15) is 19.1 Å². The van der Waals surface area contributed by atoms with Crippen molar-refractivity contribution in [2.45, 2.75) is 13.0 Å². The minimum atomic E-state index is -4.59. The number of amides is 1. The Morgan fingerprint density at radius 2 is 2.06 bits per heavy atom. The van der Waals surface area contributed by atoms with Crippen LogP contribution < -0.4 is 74.2 Å². The fraction of sp³-hybridized carbons (Fsp3) is 0.375. The molecule has 17 heavy (non-hydrogen) atoms. The molecule has 1 rings (SSSR count). The maximum Gasteiger partial charge on any atom is 1.00 e. The van der Waals surface area contributed by atoms with Crippen molar-refractivity contribution >= 4 is 13.5 Å². The fourth-order valence-corrected chi connectivity index (χ4v) is 1.40. The van der Waals surface area contributed by atoms with Crippen molar-refractivity contribution in [2.24, 2.45) is 0 Å². The summed E-state index contributed by atoms with van der Waals surface area (Å²) in [4.78, 5) is 31.5. The molecular formula is C8H10NNa2O5P. The number of nitrogens with one attached hydrogen (secondary N) is 1. The molecule has 0 aliphatic carbocycles. The molecule has 0 saturated heterocycles. The molecule has 0 fully saturated rings. The Bertz CT molecular complexity index is 364. The van der Waals surface area contributed by atoms with Gasteiger partial charge in [-0.1, -0.05) is 7.60 Å². The Morgan fingerprint density at radius 1 is 1.41 bits per heavy atom. The van der Waals surface area contributed by atoms with Crippen LogP contribution in [0.15, 0.2) is 22.8 Å². The molecule has 0 atom stereocenters. The predicted molar refractivity (Wildman–Crippen MR) is 47.6 cm³/mol. The van der Waals surface area contributed by atoms with Crippen LogP contribution in [-0.4, -0.2) is 12.1 Å². The number of hydrogen-bond acceptors (Lipinski definition) is 5. The van der Waals surface area contributed by atoms with Crippen molar-refractivity contribution in [3.8, 4) is 0 Å². The Morgan fingerprint density at radius 3 is 2.53 bits per heavy atom. The molecule has 1 heterocycles. The second-order valence-corrected chi connectivity index (χ2v) is 4.61. The van der Waals surface area contributed by atoms with E-state index in [1.807, 2.05) is 0 Å². The third-order valence-electron chi connectivity index (χ3n) is 1.65. The first-order valence-corrected chi connectivity index (χ1v) is 6.00. The molecule has 0 radical (unpaired) electrons. The van der Waals surface area contributed by atoms with Crippen LogP contribution in [0.5, 0.6) is 0 Å². The summed E-state index contributed by atoms with van der Waals surface area (Å²) in [6, 6.07) is 3.34. The maximum absolute atomic E-state index is 11.0. The standard InChI is InChI=1S/C8H12NO5P.2Na/c10-8(3-5-15(11,12)13)9-6-7-2-1-4-14-7;;/h1-2,4H,3,5-6H2,(H,9,10)(H2,11,12,13);;/q;2*+1/p-2. The molecule has 1 aromatic rings. The van der Waals surface area contributed by atoms with Crippen LogP contribution in [0.4, 0.5) is 0 Å². The second kappa shape index (κ2) is 9.78. The van der Waals surface area contributed by atoms with Crippen molar-refractivity contribution < 1.29 is 82.7 Å². The summed E-state index contributed by atoms with van der Waals surface area (Å²) in [6.07, 6.45) is 0.493. The molecule has 9 heteroatoms. The van der Waals surface area contributed by atoms with Gasteiger partial charge in [0, 0.05) is 6.42 Å². The van der Waals surface area contributed by atoms with Crippen LogP contribution in [0.3, 0.4) is 0 Å². The Hall–Kier alpha value is 0.900. The van der Waals surface area contributed by atoms with Gasteiger partial charge >= 0.3 is 59.1 Å². The van der Waals surface area contributed by atoms with E-state index in [0.29, 0.717) is 5.76 Å². The largest absolute Gasteiger partial charge is 1.00 e. The molecule has 1 aromatic heterocycles. The summed E-state index contributed by atoms with van der Waals surface area (Å²) in [6.45, 7) is 0.188. The van der Waals surface area contributed by atoms with E-state index in [2.05, 4.69) is 5.32 Å². The molecule has 1 N–H and O–H groups in total. The summed E-state index contributed by atoms with van der Waals surface area (Å²) in [7, 11) is -4.59. The molecule has 84 valence electrons. The molecule has 0 unspecified atom stereocenters. The van der Waals surface area contributed by atoms with Crippen LogP contribution in [0.2, 0.25) is 0 Å². The van der Waals surface area contributed by atoms with Crippen molar-refractivity contribution in [1.82, 2.24) is 5.32 Å². The third kappa shape index (κ3) is 10.5. The summed E-state index contributed by atoms with van der Waals surface area (Å²) >= 11 is 0. The van der Waals surface area contributed by atoms with Crippen molar-refractivity contribution in [3.05, 3.63) is 24.2 Å². The average molecular weight is 277 g/mol. The number of rotatable bonds is 5. The first-order chi connectivity index (χ1) is 6.97. The molecule has 0 aliphatic heterocycles. The zero-order valence-corrected chi connectivity index (χ0v) is 14.7. The van der Waals surface area contributed by atoms with Crippen LogP contribution >= 0.6 is 7.60 Å². The number of carbonyl (C=O) groups excluding carboxylic acids is 1. The minimum Gasteiger partial charge on any atom is -0.811 e. The molecule has 1 amide bonds. The van der Waals surface area contributed by atoms with Gasteiger partial charge in [0.1, 0.15) is 5.76 Å². The van der Waals surface area contributed by atoms with E-state index in [-0.39, 0.29) is 72.1 Å². The average Bonchev–Trinajstić information content (AvgIpc) is 2.62. The van der Waals surface area contributed by atoms with Gasteiger partial charge in [0.25, 0.3) is 0 Å². The molecule has 0 saturated carbocycles. The molecule has 0 bridgehead atoms. The van der Waals surface area contributed by atoms with Gasteiger partial charge in [0.05, 0.1) is 12.8 Å². The van der Waals surface area contributed by atoms with Gasteiger partial charge in [-0.3, -0.25) is 4.79 Å². The summed E-state index contributed by atoms with van der Waals surface area (Å²) in [5, 5.41) is 2.43. The summed E-state index contributed by atoms with van der Waals surface area (Å²) < 4.78 is 15.2. The minimum absolute atomic E-state index is 0. The van der Waals surface area contributed by atoms with Gasteiger partial charge in [-0.25, -0.2) is 0 Å². The van der Waals surface area contributed by atoms with Crippen molar-refractivity contribution in [1.29, 1.82) is 0 Å².